The van der Waals surface area contributed by atoms with Crippen LogP contribution >= 0.6 is 0 Å². The molecule has 0 aliphatic carbocycles. The Morgan fingerprint density at radius 2 is 2.26 bits per heavy atom. The van der Waals surface area contributed by atoms with Crippen LogP contribution in [0.2, 0.25) is 0 Å². The van der Waals surface area contributed by atoms with Crippen molar-refractivity contribution in [2.75, 3.05) is 0 Å². The average Bonchev–Trinajstić information content (AvgIpc) is 2.73. The van der Waals surface area contributed by atoms with Gasteiger partial charge in [0.25, 0.3) is 0 Å². The van der Waals surface area contributed by atoms with Gasteiger partial charge in [0, 0.05) is 12.8 Å². The molecule has 4 nitrogen and oxygen atoms in total. The van der Waals surface area contributed by atoms with Crippen molar-refractivity contribution in [2.45, 2.75) is 51.2 Å². The second kappa shape index (κ2) is 6.06. The third kappa shape index (κ3) is 3.70. The fourth-order valence-corrected chi connectivity index (χ4v) is 2.43. The molecule has 2 N–H and O–H groups in total. The summed E-state index contributed by atoms with van der Waals surface area (Å²) in [4.78, 5) is 10.4. The van der Waals surface area contributed by atoms with Gasteiger partial charge in [-0.3, -0.25) is 4.79 Å². The van der Waals surface area contributed by atoms with E-state index in [-0.39, 0.29) is 12.5 Å². The monoisotopic (exact) mass is 264 g/mol. The first kappa shape index (κ1) is 13.9. The molecule has 0 bridgehead atoms. The van der Waals surface area contributed by atoms with Crippen LogP contribution in [0, 0.1) is 0 Å². The van der Waals surface area contributed by atoms with Gasteiger partial charge < -0.3 is 14.9 Å². The van der Waals surface area contributed by atoms with Crippen LogP contribution in [0.5, 0.6) is 5.75 Å². The zero-order valence-corrected chi connectivity index (χ0v) is 11.1. The van der Waals surface area contributed by atoms with Gasteiger partial charge >= 0.3 is 5.97 Å². The minimum Gasteiger partial charge on any atom is -0.490 e. The van der Waals surface area contributed by atoms with Gasteiger partial charge in [-0.15, -0.1) is 0 Å². The molecule has 2 unspecified atom stereocenters. The summed E-state index contributed by atoms with van der Waals surface area (Å²) < 4.78 is 5.62. The molecule has 1 aromatic carbocycles. The van der Waals surface area contributed by atoms with Crippen LogP contribution in [-0.4, -0.2) is 22.3 Å². The molecule has 0 saturated carbocycles. The molecule has 0 spiro atoms. The molecule has 0 radical (unpaired) electrons. The van der Waals surface area contributed by atoms with Crippen molar-refractivity contribution in [2.24, 2.45) is 0 Å². The summed E-state index contributed by atoms with van der Waals surface area (Å²) in [5.41, 5.74) is 2.04. The number of aliphatic hydroxyl groups is 1. The van der Waals surface area contributed by atoms with Crippen molar-refractivity contribution in [1.82, 2.24) is 0 Å². The van der Waals surface area contributed by atoms with Gasteiger partial charge in [0.05, 0.1) is 6.10 Å². The van der Waals surface area contributed by atoms with E-state index >= 15 is 0 Å². The highest BCUT2D eigenvalue weighted by molar-refractivity contribution is 5.66. The van der Waals surface area contributed by atoms with Crippen molar-refractivity contribution in [3.8, 4) is 5.75 Å². The van der Waals surface area contributed by atoms with Crippen molar-refractivity contribution >= 4 is 5.97 Å². The first-order valence-corrected chi connectivity index (χ1v) is 6.75. The zero-order valence-electron chi connectivity index (χ0n) is 11.1. The van der Waals surface area contributed by atoms with E-state index in [9.17, 15) is 9.90 Å². The van der Waals surface area contributed by atoms with E-state index in [1.807, 2.05) is 25.1 Å². The lowest BCUT2D eigenvalue weighted by Gasteiger charge is -2.11. The molecule has 104 valence electrons. The largest absolute Gasteiger partial charge is 0.490 e. The minimum absolute atomic E-state index is 0.169. The minimum atomic E-state index is -0.779. The zero-order chi connectivity index (χ0) is 13.8. The summed E-state index contributed by atoms with van der Waals surface area (Å²) in [6, 6.07) is 5.80. The number of hydrogen-bond donors (Lipinski definition) is 2. The van der Waals surface area contributed by atoms with E-state index in [4.69, 9.17) is 9.84 Å². The maximum atomic E-state index is 10.4. The van der Waals surface area contributed by atoms with Gasteiger partial charge in [0.15, 0.2) is 0 Å². The second-order valence-corrected chi connectivity index (χ2v) is 5.16. The lowest BCUT2D eigenvalue weighted by molar-refractivity contribution is -0.137. The number of aliphatic carboxylic acids is 1. The Balaban J connectivity index is 1.88. The quantitative estimate of drug-likeness (QED) is 0.775. The van der Waals surface area contributed by atoms with Crippen molar-refractivity contribution < 1.29 is 19.7 Å². The third-order valence-electron chi connectivity index (χ3n) is 3.42. The number of ether oxygens (including phenoxy) is 1. The van der Waals surface area contributed by atoms with Gasteiger partial charge in [-0.2, -0.15) is 0 Å². The Morgan fingerprint density at radius 3 is 3.00 bits per heavy atom. The van der Waals surface area contributed by atoms with Crippen LogP contribution in [0.3, 0.4) is 0 Å². The molecule has 2 atom stereocenters. The molecule has 4 heteroatoms. The fraction of sp³-hybridized carbons (Fsp3) is 0.533. The number of fused-ring (bicyclic) bond motifs is 1. The van der Waals surface area contributed by atoms with E-state index < -0.39 is 12.1 Å². The number of hydrogen-bond acceptors (Lipinski definition) is 3. The summed E-state index contributed by atoms with van der Waals surface area (Å²) in [7, 11) is 0. The van der Waals surface area contributed by atoms with Crippen LogP contribution in [0.1, 0.15) is 49.8 Å². The number of rotatable bonds is 6. The molecule has 0 aromatic heterocycles. The predicted octanol–water partition coefficient (Wildman–Crippen LogP) is 2.69. The summed E-state index contributed by atoms with van der Waals surface area (Å²) in [5.74, 6) is 0.132. The van der Waals surface area contributed by atoms with Crippen LogP contribution in [0.15, 0.2) is 18.2 Å². The maximum absolute atomic E-state index is 10.4. The first-order chi connectivity index (χ1) is 9.06. The lowest BCUT2D eigenvalue weighted by atomic mass is 9.99. The molecular formula is C15H20O4. The number of carboxylic acids is 1. The molecule has 1 heterocycles. The molecular weight excluding hydrogens is 244 g/mol. The number of benzene rings is 1. The Hall–Kier alpha value is -1.55. The highest BCUT2D eigenvalue weighted by atomic mass is 16.5. The molecule has 2 rings (SSSR count). The molecule has 1 aliphatic rings. The Labute approximate surface area is 113 Å². The van der Waals surface area contributed by atoms with Crippen LogP contribution in [0.25, 0.3) is 0 Å². The summed E-state index contributed by atoms with van der Waals surface area (Å²) in [6.07, 6.45) is 2.67. The second-order valence-electron chi connectivity index (χ2n) is 5.16. The van der Waals surface area contributed by atoms with Gasteiger partial charge in [-0.25, -0.2) is 0 Å². The fourth-order valence-electron chi connectivity index (χ4n) is 2.43. The normalized spacial score (nSPS) is 18.7. The van der Waals surface area contributed by atoms with E-state index in [0.717, 1.165) is 29.7 Å². The van der Waals surface area contributed by atoms with Gasteiger partial charge in [0.1, 0.15) is 11.9 Å². The Morgan fingerprint density at radius 1 is 1.47 bits per heavy atom. The number of aliphatic hydroxyl groups excluding tert-OH is 1. The third-order valence-corrected chi connectivity index (χ3v) is 3.42. The van der Waals surface area contributed by atoms with E-state index in [1.54, 1.807) is 0 Å². The summed E-state index contributed by atoms with van der Waals surface area (Å²) in [6.45, 7) is 2.03. The van der Waals surface area contributed by atoms with E-state index in [2.05, 4.69) is 0 Å². The number of carboxylic acid groups (broad SMARTS) is 1. The highest BCUT2D eigenvalue weighted by Gasteiger charge is 2.20. The molecule has 1 aliphatic heterocycles. The average molecular weight is 264 g/mol. The SMILES string of the molecule is CC1Cc2cc(C(O)CCCCC(=O)O)ccc2O1. The molecule has 1 aromatic rings. The maximum Gasteiger partial charge on any atom is 0.303 e. The van der Waals surface area contributed by atoms with Crippen molar-refractivity contribution in [3.63, 3.8) is 0 Å². The molecule has 19 heavy (non-hydrogen) atoms. The predicted molar refractivity (Wildman–Crippen MR) is 71.3 cm³/mol. The Bertz CT molecular complexity index is 455. The topological polar surface area (TPSA) is 66.8 Å². The van der Waals surface area contributed by atoms with Crippen molar-refractivity contribution in [3.05, 3.63) is 29.3 Å². The van der Waals surface area contributed by atoms with Crippen molar-refractivity contribution in [1.29, 1.82) is 0 Å². The van der Waals surface area contributed by atoms with Crippen LogP contribution in [-0.2, 0) is 11.2 Å². The lowest BCUT2D eigenvalue weighted by Crippen LogP contribution is -2.05. The summed E-state index contributed by atoms with van der Waals surface area (Å²) >= 11 is 0. The molecule has 0 saturated heterocycles. The number of carbonyl (C=O) groups is 1. The standard InChI is InChI=1S/C15H20O4/c1-10-8-12-9-11(6-7-14(12)19-10)13(16)4-2-3-5-15(17)18/h6-7,9-10,13,16H,2-5,8H2,1H3,(H,17,18). The van der Waals surface area contributed by atoms with E-state index in [1.165, 1.54) is 0 Å². The number of unbranched alkanes of at least 4 members (excludes halogenated alkanes) is 1. The highest BCUT2D eigenvalue weighted by Crippen LogP contribution is 2.32. The smallest absolute Gasteiger partial charge is 0.303 e. The van der Waals surface area contributed by atoms with Gasteiger partial charge in [-0.05, 0) is 49.4 Å². The van der Waals surface area contributed by atoms with Crippen LogP contribution in [0.4, 0.5) is 0 Å². The van der Waals surface area contributed by atoms with Gasteiger partial charge in [-0.1, -0.05) is 6.07 Å². The van der Waals surface area contributed by atoms with Crippen LogP contribution < -0.4 is 4.74 Å². The van der Waals surface area contributed by atoms with Gasteiger partial charge in [0.2, 0.25) is 0 Å². The Kier molecular flexibility index (Phi) is 4.43. The van der Waals surface area contributed by atoms with E-state index in [0.29, 0.717) is 12.8 Å². The molecule has 0 amide bonds. The molecule has 0 fully saturated rings. The first-order valence-electron chi connectivity index (χ1n) is 6.75. The summed E-state index contributed by atoms with van der Waals surface area (Å²) in [5, 5.41) is 18.6.